The molecule has 1 aromatic carbocycles. The van der Waals surface area contributed by atoms with E-state index >= 15 is 0 Å². The summed E-state index contributed by atoms with van der Waals surface area (Å²) in [6, 6.07) is 4.28. The molecule has 2 rings (SSSR count). The summed E-state index contributed by atoms with van der Waals surface area (Å²) in [6.45, 7) is 4.89. The molecule has 0 spiro atoms. The van der Waals surface area contributed by atoms with Crippen LogP contribution in [0.25, 0.3) is 0 Å². The molecule has 5 nitrogen and oxygen atoms in total. The SMILES string of the molecule is Cc1c(F)cc(C#N)cc1NC(=O)[C@H]1[C@@H](C(=O)O)C1(C)C. The Hall–Kier alpha value is -2.42. The fourth-order valence-corrected chi connectivity index (χ4v) is 2.67. The molecule has 2 atom stereocenters. The molecule has 0 aliphatic heterocycles. The van der Waals surface area contributed by atoms with Crippen LogP contribution in [0.3, 0.4) is 0 Å². The molecule has 0 radical (unpaired) electrons. The lowest BCUT2D eigenvalue weighted by Crippen LogP contribution is -2.18. The number of nitrogens with one attached hydrogen (secondary N) is 1. The van der Waals surface area contributed by atoms with Gasteiger partial charge in [0.2, 0.25) is 5.91 Å². The summed E-state index contributed by atoms with van der Waals surface area (Å²) in [5, 5.41) is 20.4. The Morgan fingerprint density at radius 1 is 1.38 bits per heavy atom. The Labute approximate surface area is 121 Å². The minimum absolute atomic E-state index is 0.0956. The number of nitrogens with zero attached hydrogens (tertiary/aromatic N) is 1. The van der Waals surface area contributed by atoms with Gasteiger partial charge in [0.05, 0.1) is 23.5 Å². The normalized spacial score (nSPS) is 22.2. The van der Waals surface area contributed by atoms with E-state index in [0.717, 1.165) is 6.07 Å². The van der Waals surface area contributed by atoms with Crippen LogP contribution in [0.2, 0.25) is 0 Å². The number of aliphatic carboxylic acids is 1. The molecule has 6 heteroatoms. The maximum atomic E-state index is 13.7. The number of halogens is 1. The molecule has 2 N–H and O–H groups in total. The van der Waals surface area contributed by atoms with Gasteiger partial charge in [-0.2, -0.15) is 5.26 Å². The zero-order valence-electron chi connectivity index (χ0n) is 11.9. The van der Waals surface area contributed by atoms with Crippen LogP contribution in [0.15, 0.2) is 12.1 Å². The van der Waals surface area contributed by atoms with E-state index in [1.165, 1.54) is 13.0 Å². The molecule has 1 aromatic rings. The van der Waals surface area contributed by atoms with Gasteiger partial charge >= 0.3 is 5.97 Å². The molecule has 1 amide bonds. The summed E-state index contributed by atoms with van der Waals surface area (Å²) in [5.41, 5.74) is -0.121. The van der Waals surface area contributed by atoms with Gasteiger partial charge in [-0.05, 0) is 24.5 Å². The van der Waals surface area contributed by atoms with Crippen molar-refractivity contribution >= 4 is 17.6 Å². The van der Waals surface area contributed by atoms with E-state index in [4.69, 9.17) is 10.4 Å². The van der Waals surface area contributed by atoms with Crippen LogP contribution in [-0.4, -0.2) is 17.0 Å². The smallest absolute Gasteiger partial charge is 0.307 e. The Bertz CT molecular complexity index is 676. The standard InChI is InChI=1S/C15H15FN2O3/c1-7-9(16)4-8(6-17)5-10(7)18-13(19)11-12(14(20)21)15(11,2)3/h4-5,11-12H,1-3H3,(H,18,19)(H,20,21)/t11-,12+/m1/s1. The van der Waals surface area contributed by atoms with Crippen molar-refractivity contribution in [1.29, 1.82) is 5.26 Å². The first-order chi connectivity index (χ1) is 9.70. The molecule has 0 saturated heterocycles. The van der Waals surface area contributed by atoms with Crippen LogP contribution in [0.5, 0.6) is 0 Å². The third-order valence-corrected chi connectivity index (χ3v) is 4.11. The van der Waals surface area contributed by atoms with Crippen molar-refractivity contribution in [2.24, 2.45) is 17.3 Å². The summed E-state index contributed by atoms with van der Waals surface area (Å²) < 4.78 is 13.7. The van der Waals surface area contributed by atoms with Gasteiger partial charge in [0.25, 0.3) is 0 Å². The van der Waals surface area contributed by atoms with Crippen LogP contribution in [0.4, 0.5) is 10.1 Å². The minimum Gasteiger partial charge on any atom is -0.481 e. The highest BCUT2D eigenvalue weighted by atomic mass is 19.1. The van der Waals surface area contributed by atoms with Crippen molar-refractivity contribution in [2.75, 3.05) is 5.32 Å². The number of amides is 1. The predicted octanol–water partition coefficient (Wildman–Crippen LogP) is 2.30. The highest BCUT2D eigenvalue weighted by molar-refractivity contribution is 6.00. The summed E-state index contributed by atoms with van der Waals surface area (Å²) in [4.78, 5) is 23.3. The number of hydrogen-bond donors (Lipinski definition) is 2. The quantitative estimate of drug-likeness (QED) is 0.893. The molecular formula is C15H15FN2O3. The van der Waals surface area contributed by atoms with Crippen LogP contribution in [0, 0.1) is 41.3 Å². The molecule has 21 heavy (non-hydrogen) atoms. The largest absolute Gasteiger partial charge is 0.481 e. The Morgan fingerprint density at radius 2 is 2.00 bits per heavy atom. The molecule has 0 heterocycles. The van der Waals surface area contributed by atoms with Gasteiger partial charge in [0.1, 0.15) is 5.82 Å². The van der Waals surface area contributed by atoms with E-state index in [9.17, 15) is 14.0 Å². The number of carboxylic acids is 1. The average Bonchev–Trinajstić information content (AvgIpc) is 2.98. The van der Waals surface area contributed by atoms with Crippen molar-refractivity contribution in [1.82, 2.24) is 0 Å². The second-order valence-corrected chi connectivity index (χ2v) is 5.85. The van der Waals surface area contributed by atoms with Gasteiger partial charge in [-0.3, -0.25) is 9.59 Å². The van der Waals surface area contributed by atoms with Crippen LogP contribution < -0.4 is 5.32 Å². The summed E-state index contributed by atoms with van der Waals surface area (Å²) in [7, 11) is 0. The zero-order chi connectivity index (χ0) is 15.9. The second-order valence-electron chi connectivity index (χ2n) is 5.85. The molecule has 1 fully saturated rings. The Morgan fingerprint density at radius 3 is 2.48 bits per heavy atom. The molecule has 0 bridgehead atoms. The number of benzene rings is 1. The van der Waals surface area contributed by atoms with E-state index < -0.39 is 34.9 Å². The number of carbonyl (C=O) groups excluding carboxylic acids is 1. The van der Waals surface area contributed by atoms with Crippen LogP contribution >= 0.6 is 0 Å². The molecule has 0 unspecified atom stereocenters. The van der Waals surface area contributed by atoms with E-state index in [1.807, 2.05) is 6.07 Å². The van der Waals surface area contributed by atoms with E-state index in [0.29, 0.717) is 0 Å². The third kappa shape index (κ3) is 2.47. The van der Waals surface area contributed by atoms with Gasteiger partial charge in [0, 0.05) is 11.3 Å². The molecule has 1 saturated carbocycles. The molecule has 1 aliphatic carbocycles. The van der Waals surface area contributed by atoms with Crippen molar-refractivity contribution in [3.05, 3.63) is 29.1 Å². The van der Waals surface area contributed by atoms with Gasteiger partial charge in [-0.25, -0.2) is 4.39 Å². The fourth-order valence-electron chi connectivity index (χ4n) is 2.67. The predicted molar refractivity (Wildman–Crippen MR) is 72.9 cm³/mol. The maximum Gasteiger partial charge on any atom is 0.307 e. The van der Waals surface area contributed by atoms with Crippen molar-refractivity contribution in [2.45, 2.75) is 20.8 Å². The number of nitriles is 1. The Balaban J connectivity index is 2.24. The van der Waals surface area contributed by atoms with Crippen molar-refractivity contribution < 1.29 is 19.1 Å². The first-order valence-corrected chi connectivity index (χ1v) is 6.44. The molecule has 1 aliphatic rings. The average molecular weight is 290 g/mol. The van der Waals surface area contributed by atoms with E-state index in [2.05, 4.69) is 5.32 Å². The third-order valence-electron chi connectivity index (χ3n) is 4.11. The first kappa shape index (κ1) is 15.0. The van der Waals surface area contributed by atoms with Crippen molar-refractivity contribution in [3.63, 3.8) is 0 Å². The number of anilines is 1. The zero-order valence-corrected chi connectivity index (χ0v) is 11.9. The van der Waals surface area contributed by atoms with E-state index in [1.54, 1.807) is 13.8 Å². The highest BCUT2D eigenvalue weighted by Gasteiger charge is 2.65. The summed E-state index contributed by atoms with van der Waals surface area (Å²) in [5.74, 6) is -3.49. The van der Waals surface area contributed by atoms with Gasteiger partial charge in [0.15, 0.2) is 0 Å². The minimum atomic E-state index is -1.02. The summed E-state index contributed by atoms with van der Waals surface area (Å²) in [6.07, 6.45) is 0. The monoisotopic (exact) mass is 290 g/mol. The second kappa shape index (κ2) is 4.85. The number of carboxylic acid groups (broad SMARTS) is 1. The van der Waals surface area contributed by atoms with Gasteiger partial charge in [-0.1, -0.05) is 13.8 Å². The fraction of sp³-hybridized carbons (Fsp3) is 0.400. The Kier molecular flexibility index (Phi) is 3.46. The van der Waals surface area contributed by atoms with Gasteiger partial charge < -0.3 is 10.4 Å². The lowest BCUT2D eigenvalue weighted by atomic mass is 10.1. The molecule has 0 aromatic heterocycles. The number of rotatable bonds is 3. The van der Waals surface area contributed by atoms with Crippen LogP contribution in [-0.2, 0) is 9.59 Å². The van der Waals surface area contributed by atoms with E-state index in [-0.39, 0.29) is 16.8 Å². The molecule has 110 valence electrons. The number of carbonyl (C=O) groups is 2. The lowest BCUT2D eigenvalue weighted by molar-refractivity contribution is -0.140. The summed E-state index contributed by atoms with van der Waals surface area (Å²) >= 11 is 0. The maximum absolute atomic E-state index is 13.7. The highest BCUT2D eigenvalue weighted by Crippen LogP contribution is 2.58. The number of hydrogen-bond acceptors (Lipinski definition) is 3. The van der Waals surface area contributed by atoms with Crippen molar-refractivity contribution in [3.8, 4) is 6.07 Å². The first-order valence-electron chi connectivity index (χ1n) is 6.44. The molecular weight excluding hydrogens is 275 g/mol. The lowest BCUT2D eigenvalue weighted by Gasteiger charge is -2.10. The topological polar surface area (TPSA) is 90.2 Å². The van der Waals surface area contributed by atoms with Gasteiger partial charge in [-0.15, -0.1) is 0 Å². The van der Waals surface area contributed by atoms with Crippen LogP contribution in [0.1, 0.15) is 25.0 Å².